The summed E-state index contributed by atoms with van der Waals surface area (Å²) in [4.78, 5) is 0. The molecular weight excluding hydrogens is 144 g/mol. The predicted octanol–water partition coefficient (Wildman–Crippen LogP) is 4.81. The first kappa shape index (κ1) is 14.3. The van der Waals surface area contributed by atoms with Crippen molar-refractivity contribution >= 4 is 0 Å². The summed E-state index contributed by atoms with van der Waals surface area (Å²) in [6.45, 7) is 13.1. The van der Waals surface area contributed by atoms with Crippen molar-refractivity contribution in [2.24, 2.45) is 5.92 Å². The van der Waals surface area contributed by atoms with E-state index in [2.05, 4.69) is 47.6 Å². The highest BCUT2D eigenvalue weighted by Crippen LogP contribution is 2.00. The summed E-state index contributed by atoms with van der Waals surface area (Å²) in [5, 5.41) is 0. The Kier molecular flexibility index (Phi) is 12.8. The molecule has 74 valence electrons. The van der Waals surface area contributed by atoms with E-state index in [9.17, 15) is 0 Å². The molecule has 0 saturated heterocycles. The van der Waals surface area contributed by atoms with Crippen LogP contribution < -0.4 is 0 Å². The lowest BCUT2D eigenvalue weighted by molar-refractivity contribution is 0.576. The van der Waals surface area contributed by atoms with E-state index < -0.39 is 0 Å². The van der Waals surface area contributed by atoms with Crippen LogP contribution in [-0.2, 0) is 0 Å². The van der Waals surface area contributed by atoms with Gasteiger partial charge in [-0.2, -0.15) is 0 Å². The van der Waals surface area contributed by atoms with Crippen molar-refractivity contribution in [2.45, 2.75) is 60.8 Å². The third-order valence-electron chi connectivity index (χ3n) is 1.48. The SMILES string of the molecule is CCC=C(C)C.CCCC(C)C. The molecule has 0 atom stereocenters. The van der Waals surface area contributed by atoms with E-state index in [4.69, 9.17) is 0 Å². The summed E-state index contributed by atoms with van der Waals surface area (Å²) < 4.78 is 0. The Balaban J connectivity index is 0. The van der Waals surface area contributed by atoms with E-state index in [1.165, 1.54) is 24.8 Å². The first-order valence-electron chi connectivity index (χ1n) is 5.17. The zero-order valence-electron chi connectivity index (χ0n) is 9.78. The summed E-state index contributed by atoms with van der Waals surface area (Å²) in [6.07, 6.45) is 6.08. The minimum absolute atomic E-state index is 0.898. The number of hydrogen-bond donors (Lipinski definition) is 0. The quantitative estimate of drug-likeness (QED) is 0.533. The topological polar surface area (TPSA) is 0 Å². The van der Waals surface area contributed by atoms with Crippen LogP contribution in [0.25, 0.3) is 0 Å². The minimum Gasteiger partial charge on any atom is -0.0862 e. The Bertz CT molecular complexity index is 94.6. The first-order chi connectivity index (χ1) is 5.54. The molecule has 0 aliphatic rings. The molecule has 12 heavy (non-hydrogen) atoms. The Morgan fingerprint density at radius 3 is 1.67 bits per heavy atom. The first-order valence-corrected chi connectivity index (χ1v) is 5.17. The molecule has 0 fully saturated rings. The molecule has 0 radical (unpaired) electrons. The van der Waals surface area contributed by atoms with Crippen molar-refractivity contribution in [2.75, 3.05) is 0 Å². The van der Waals surface area contributed by atoms with Crippen molar-refractivity contribution in [3.63, 3.8) is 0 Å². The summed E-state index contributed by atoms with van der Waals surface area (Å²) in [7, 11) is 0. The van der Waals surface area contributed by atoms with Gasteiger partial charge in [-0.3, -0.25) is 0 Å². The molecule has 0 unspecified atom stereocenters. The maximum absolute atomic E-state index is 2.25. The van der Waals surface area contributed by atoms with Crippen LogP contribution in [0.15, 0.2) is 11.6 Å². The highest BCUT2D eigenvalue weighted by Gasteiger charge is 1.85. The smallest absolute Gasteiger partial charge is 0.0377 e. The normalized spacial score (nSPS) is 8.92. The van der Waals surface area contributed by atoms with Crippen LogP contribution in [0, 0.1) is 5.92 Å². The number of hydrogen-bond acceptors (Lipinski definition) is 0. The molecule has 0 aliphatic carbocycles. The summed E-state index contributed by atoms with van der Waals surface area (Å²) in [6, 6.07) is 0. The molecule has 0 nitrogen and oxygen atoms in total. The minimum atomic E-state index is 0.898. The van der Waals surface area contributed by atoms with Crippen LogP contribution in [0.2, 0.25) is 0 Å². The van der Waals surface area contributed by atoms with E-state index in [-0.39, 0.29) is 0 Å². The lowest BCUT2D eigenvalue weighted by atomic mass is 10.1. The molecule has 0 heteroatoms. The van der Waals surface area contributed by atoms with E-state index in [1.54, 1.807) is 0 Å². The molecule has 0 heterocycles. The second-order valence-corrected chi connectivity index (χ2v) is 3.87. The average molecular weight is 170 g/mol. The molecule has 0 aromatic rings. The second-order valence-electron chi connectivity index (χ2n) is 3.87. The highest BCUT2D eigenvalue weighted by molar-refractivity contribution is 4.91. The largest absolute Gasteiger partial charge is 0.0862 e. The molecule has 0 aromatic heterocycles. The Hall–Kier alpha value is -0.260. The standard InChI is InChI=1S/C6H14.C6H12/c2*1-4-5-6(2)3/h6H,4-5H2,1-3H3;5H,4H2,1-3H3. The molecular formula is C12H26. The van der Waals surface area contributed by atoms with Crippen LogP contribution in [0.1, 0.15) is 60.8 Å². The third kappa shape index (κ3) is 22.6. The van der Waals surface area contributed by atoms with Gasteiger partial charge in [0.2, 0.25) is 0 Å². The van der Waals surface area contributed by atoms with Gasteiger partial charge in [0, 0.05) is 0 Å². The van der Waals surface area contributed by atoms with E-state index in [0.29, 0.717) is 0 Å². The maximum Gasteiger partial charge on any atom is -0.0377 e. The number of rotatable bonds is 3. The fourth-order valence-electron chi connectivity index (χ4n) is 0.986. The summed E-state index contributed by atoms with van der Waals surface area (Å²) in [5.74, 6) is 0.898. The Morgan fingerprint density at radius 1 is 1.17 bits per heavy atom. The van der Waals surface area contributed by atoms with Crippen LogP contribution in [0.3, 0.4) is 0 Å². The van der Waals surface area contributed by atoms with Gasteiger partial charge in [-0.15, -0.1) is 0 Å². The van der Waals surface area contributed by atoms with E-state index in [1.807, 2.05) is 0 Å². The summed E-state index contributed by atoms with van der Waals surface area (Å²) in [5.41, 5.74) is 1.41. The van der Waals surface area contributed by atoms with Crippen LogP contribution >= 0.6 is 0 Å². The molecule has 0 N–H and O–H groups in total. The lowest BCUT2D eigenvalue weighted by Crippen LogP contribution is -1.81. The predicted molar refractivity (Wildman–Crippen MR) is 59.5 cm³/mol. The lowest BCUT2D eigenvalue weighted by Gasteiger charge is -1.95. The fraction of sp³-hybridized carbons (Fsp3) is 0.833. The fourth-order valence-corrected chi connectivity index (χ4v) is 0.986. The van der Waals surface area contributed by atoms with Crippen LogP contribution in [-0.4, -0.2) is 0 Å². The molecule has 0 rings (SSSR count). The average Bonchev–Trinajstić information content (AvgIpc) is 1.87. The third-order valence-corrected chi connectivity index (χ3v) is 1.48. The summed E-state index contributed by atoms with van der Waals surface area (Å²) >= 11 is 0. The van der Waals surface area contributed by atoms with Gasteiger partial charge in [-0.1, -0.05) is 52.2 Å². The van der Waals surface area contributed by atoms with Crippen molar-refractivity contribution in [1.29, 1.82) is 0 Å². The molecule has 0 aromatic carbocycles. The van der Waals surface area contributed by atoms with Gasteiger partial charge in [0.25, 0.3) is 0 Å². The number of allylic oxidation sites excluding steroid dienone is 2. The second kappa shape index (κ2) is 10.7. The van der Waals surface area contributed by atoms with Gasteiger partial charge < -0.3 is 0 Å². The Morgan fingerprint density at radius 2 is 1.67 bits per heavy atom. The van der Waals surface area contributed by atoms with Gasteiger partial charge in [0.05, 0.1) is 0 Å². The van der Waals surface area contributed by atoms with Gasteiger partial charge in [-0.25, -0.2) is 0 Å². The van der Waals surface area contributed by atoms with Crippen LogP contribution in [0.5, 0.6) is 0 Å². The molecule has 0 bridgehead atoms. The molecule has 0 spiro atoms. The van der Waals surface area contributed by atoms with Gasteiger partial charge in [0.1, 0.15) is 0 Å². The van der Waals surface area contributed by atoms with Gasteiger partial charge >= 0.3 is 0 Å². The zero-order valence-corrected chi connectivity index (χ0v) is 9.78. The van der Waals surface area contributed by atoms with E-state index in [0.717, 1.165) is 5.92 Å². The molecule has 0 amide bonds. The molecule has 0 aliphatic heterocycles. The Labute approximate surface area is 79.1 Å². The highest BCUT2D eigenvalue weighted by atomic mass is 13.9. The van der Waals surface area contributed by atoms with Gasteiger partial charge in [0.15, 0.2) is 0 Å². The van der Waals surface area contributed by atoms with Crippen molar-refractivity contribution in [3.8, 4) is 0 Å². The maximum atomic E-state index is 2.25. The van der Waals surface area contributed by atoms with Crippen molar-refractivity contribution < 1.29 is 0 Å². The zero-order chi connectivity index (χ0) is 9.98. The van der Waals surface area contributed by atoms with E-state index >= 15 is 0 Å². The van der Waals surface area contributed by atoms with Gasteiger partial charge in [-0.05, 0) is 26.2 Å². The van der Waals surface area contributed by atoms with Crippen molar-refractivity contribution in [1.82, 2.24) is 0 Å². The van der Waals surface area contributed by atoms with Crippen molar-refractivity contribution in [3.05, 3.63) is 11.6 Å². The van der Waals surface area contributed by atoms with Crippen LogP contribution in [0.4, 0.5) is 0 Å². The molecule has 0 saturated carbocycles. The monoisotopic (exact) mass is 170 g/mol.